The van der Waals surface area contributed by atoms with Gasteiger partial charge in [-0.25, -0.2) is 0 Å². The number of carbonyl (C=O) groups excluding carboxylic acids is 1. The van der Waals surface area contributed by atoms with Gasteiger partial charge >= 0.3 is 5.97 Å². The molecule has 2 fully saturated rings. The maximum absolute atomic E-state index is 11.8. The zero-order valence-corrected chi connectivity index (χ0v) is 15.3. The minimum atomic E-state index is -0.383. The van der Waals surface area contributed by atoms with E-state index in [0.29, 0.717) is 17.9 Å². The number of likely N-dealkylation sites (tertiary alicyclic amines) is 1. The van der Waals surface area contributed by atoms with Gasteiger partial charge in [0.15, 0.2) is 0 Å². The molecule has 0 spiro atoms. The first-order valence-electron chi connectivity index (χ1n) is 9.11. The lowest BCUT2D eigenvalue weighted by Gasteiger charge is -2.54. The molecular formula is C19H35NO2. The van der Waals surface area contributed by atoms with Crippen LogP contribution in [-0.2, 0) is 9.53 Å². The van der Waals surface area contributed by atoms with Gasteiger partial charge in [-0.3, -0.25) is 4.79 Å². The fourth-order valence-electron chi connectivity index (χ4n) is 3.89. The van der Waals surface area contributed by atoms with E-state index in [1.807, 2.05) is 20.8 Å². The Balaban J connectivity index is 1.70. The second-order valence-electron chi connectivity index (χ2n) is 8.99. The molecule has 0 amide bonds. The highest BCUT2D eigenvalue weighted by molar-refractivity contribution is 5.75. The maximum atomic E-state index is 11.8. The van der Waals surface area contributed by atoms with Gasteiger partial charge in [0.25, 0.3) is 0 Å². The van der Waals surface area contributed by atoms with Crippen molar-refractivity contribution in [2.45, 2.75) is 66.7 Å². The van der Waals surface area contributed by atoms with E-state index in [2.05, 4.69) is 18.7 Å². The minimum Gasteiger partial charge on any atom is -0.465 e. The van der Waals surface area contributed by atoms with E-state index < -0.39 is 0 Å². The van der Waals surface area contributed by atoms with E-state index in [4.69, 9.17) is 4.74 Å². The standard InChI is InChI=1S/C19H35NO2/c1-18(2,3)17(21)22-12-9-15-13-16(19(15,4)5)14-20-10-7-6-8-11-20/h15-16H,6-14H2,1-5H3/t15-,16-/m0/s1. The van der Waals surface area contributed by atoms with Crippen LogP contribution in [0.15, 0.2) is 0 Å². The van der Waals surface area contributed by atoms with Crippen molar-refractivity contribution in [1.82, 2.24) is 4.90 Å². The van der Waals surface area contributed by atoms with Gasteiger partial charge < -0.3 is 9.64 Å². The first kappa shape index (κ1) is 17.8. The highest BCUT2D eigenvalue weighted by Crippen LogP contribution is 2.53. The predicted octanol–water partition coefficient (Wildman–Crippen LogP) is 4.11. The third-order valence-corrected chi connectivity index (χ3v) is 5.91. The zero-order chi connectivity index (χ0) is 16.4. The third kappa shape index (κ3) is 4.24. The van der Waals surface area contributed by atoms with Crippen LogP contribution in [0.4, 0.5) is 0 Å². The SMILES string of the molecule is CC(C)(C)C(=O)OCC[C@H]1C[C@@H](CN2CCCCC2)C1(C)C. The van der Waals surface area contributed by atoms with Gasteiger partial charge in [0.1, 0.15) is 0 Å². The molecular weight excluding hydrogens is 274 g/mol. The molecule has 22 heavy (non-hydrogen) atoms. The molecule has 1 saturated heterocycles. The van der Waals surface area contributed by atoms with E-state index in [1.165, 1.54) is 45.3 Å². The van der Waals surface area contributed by atoms with Crippen molar-refractivity contribution in [2.75, 3.05) is 26.2 Å². The molecule has 0 aromatic carbocycles. The summed E-state index contributed by atoms with van der Waals surface area (Å²) in [5.41, 5.74) is 0.0114. The molecule has 2 rings (SSSR count). The maximum Gasteiger partial charge on any atom is 0.311 e. The van der Waals surface area contributed by atoms with E-state index in [0.717, 1.165) is 12.3 Å². The molecule has 128 valence electrons. The second kappa shape index (κ2) is 6.90. The number of piperidine rings is 1. The number of esters is 1. The molecule has 0 N–H and O–H groups in total. The summed E-state index contributed by atoms with van der Waals surface area (Å²) in [5, 5.41) is 0. The summed E-state index contributed by atoms with van der Waals surface area (Å²) in [5.74, 6) is 1.44. The van der Waals surface area contributed by atoms with Crippen molar-refractivity contribution in [3.05, 3.63) is 0 Å². The number of rotatable bonds is 5. The van der Waals surface area contributed by atoms with Crippen LogP contribution < -0.4 is 0 Å². The van der Waals surface area contributed by atoms with E-state index >= 15 is 0 Å². The van der Waals surface area contributed by atoms with Crippen molar-refractivity contribution in [2.24, 2.45) is 22.7 Å². The molecule has 2 aliphatic rings. The van der Waals surface area contributed by atoms with E-state index in [9.17, 15) is 4.79 Å². The smallest absolute Gasteiger partial charge is 0.311 e. The first-order valence-corrected chi connectivity index (χ1v) is 9.11. The van der Waals surface area contributed by atoms with Crippen molar-refractivity contribution in [3.63, 3.8) is 0 Å². The average molecular weight is 309 g/mol. The van der Waals surface area contributed by atoms with Gasteiger partial charge in [0, 0.05) is 6.54 Å². The molecule has 3 heteroatoms. The highest BCUT2D eigenvalue weighted by atomic mass is 16.5. The molecule has 1 aliphatic carbocycles. The number of carbonyl (C=O) groups is 1. The van der Waals surface area contributed by atoms with Gasteiger partial charge in [-0.2, -0.15) is 0 Å². The molecule has 3 nitrogen and oxygen atoms in total. The Morgan fingerprint density at radius 2 is 1.77 bits per heavy atom. The minimum absolute atomic E-state index is 0.0745. The van der Waals surface area contributed by atoms with Gasteiger partial charge in [-0.15, -0.1) is 0 Å². The molecule has 1 aliphatic heterocycles. The molecule has 0 radical (unpaired) electrons. The fourth-order valence-corrected chi connectivity index (χ4v) is 3.89. The molecule has 0 aromatic heterocycles. The van der Waals surface area contributed by atoms with Crippen molar-refractivity contribution < 1.29 is 9.53 Å². The van der Waals surface area contributed by atoms with Crippen LogP contribution >= 0.6 is 0 Å². The summed E-state index contributed by atoms with van der Waals surface area (Å²) < 4.78 is 5.44. The Bertz CT molecular complexity index is 377. The monoisotopic (exact) mass is 309 g/mol. The predicted molar refractivity (Wildman–Crippen MR) is 90.7 cm³/mol. The van der Waals surface area contributed by atoms with Crippen LogP contribution in [0.25, 0.3) is 0 Å². The number of hydrogen-bond acceptors (Lipinski definition) is 3. The van der Waals surface area contributed by atoms with Crippen molar-refractivity contribution in [1.29, 1.82) is 0 Å². The summed E-state index contributed by atoms with van der Waals surface area (Å²) in [7, 11) is 0. The first-order chi connectivity index (χ1) is 10.2. The lowest BCUT2D eigenvalue weighted by Crippen LogP contribution is -2.51. The lowest BCUT2D eigenvalue weighted by molar-refractivity contribution is -0.154. The Morgan fingerprint density at radius 3 is 2.32 bits per heavy atom. The van der Waals surface area contributed by atoms with Crippen LogP contribution in [0, 0.1) is 22.7 Å². The average Bonchev–Trinajstić information content (AvgIpc) is 2.45. The Hall–Kier alpha value is -0.570. The van der Waals surface area contributed by atoms with E-state index in [1.54, 1.807) is 0 Å². The summed E-state index contributed by atoms with van der Waals surface area (Å²) in [6, 6.07) is 0. The number of hydrogen-bond donors (Lipinski definition) is 0. The topological polar surface area (TPSA) is 29.5 Å². The number of ether oxygens (including phenoxy) is 1. The van der Waals surface area contributed by atoms with Crippen molar-refractivity contribution in [3.8, 4) is 0 Å². The van der Waals surface area contributed by atoms with Crippen LogP contribution in [0.5, 0.6) is 0 Å². The van der Waals surface area contributed by atoms with Gasteiger partial charge in [-0.05, 0) is 76.8 Å². The summed E-state index contributed by atoms with van der Waals surface area (Å²) in [6.07, 6.45) is 6.48. The molecule has 0 aromatic rings. The van der Waals surface area contributed by atoms with Gasteiger partial charge in [-0.1, -0.05) is 20.3 Å². The summed E-state index contributed by atoms with van der Waals surface area (Å²) in [4.78, 5) is 14.5. The largest absolute Gasteiger partial charge is 0.465 e. The Kier molecular flexibility index (Phi) is 5.58. The Labute approximate surface area is 136 Å². The number of nitrogens with zero attached hydrogens (tertiary/aromatic N) is 1. The van der Waals surface area contributed by atoms with Crippen LogP contribution in [0.3, 0.4) is 0 Å². The highest BCUT2D eigenvalue weighted by Gasteiger charge is 2.47. The fraction of sp³-hybridized carbons (Fsp3) is 0.947. The lowest BCUT2D eigenvalue weighted by atomic mass is 9.53. The molecule has 0 unspecified atom stereocenters. The van der Waals surface area contributed by atoms with Crippen molar-refractivity contribution >= 4 is 5.97 Å². The quantitative estimate of drug-likeness (QED) is 0.716. The second-order valence-corrected chi connectivity index (χ2v) is 8.99. The summed E-state index contributed by atoms with van der Waals surface area (Å²) >= 11 is 0. The third-order valence-electron chi connectivity index (χ3n) is 5.91. The molecule has 1 heterocycles. The summed E-state index contributed by atoms with van der Waals surface area (Å²) in [6.45, 7) is 15.0. The van der Waals surface area contributed by atoms with Crippen LogP contribution in [0.1, 0.15) is 66.7 Å². The molecule has 2 atom stereocenters. The van der Waals surface area contributed by atoms with Crippen LogP contribution in [0.2, 0.25) is 0 Å². The van der Waals surface area contributed by atoms with E-state index in [-0.39, 0.29) is 11.4 Å². The molecule has 0 bridgehead atoms. The van der Waals surface area contributed by atoms with Gasteiger partial charge in [0.2, 0.25) is 0 Å². The molecule has 1 saturated carbocycles. The Morgan fingerprint density at radius 1 is 1.14 bits per heavy atom. The van der Waals surface area contributed by atoms with Gasteiger partial charge in [0.05, 0.1) is 12.0 Å². The zero-order valence-electron chi connectivity index (χ0n) is 15.3. The normalized spacial score (nSPS) is 29.0. The van der Waals surface area contributed by atoms with Crippen LogP contribution in [-0.4, -0.2) is 37.1 Å².